The molecule has 1 saturated heterocycles. The van der Waals surface area contributed by atoms with Gasteiger partial charge in [-0.3, -0.25) is 0 Å². The molecular formula is C15H24N2O2. The zero-order valence-corrected chi connectivity index (χ0v) is 11.6. The van der Waals surface area contributed by atoms with E-state index in [0.717, 1.165) is 25.1 Å². The first-order valence-corrected chi connectivity index (χ1v) is 6.99. The molecule has 0 saturated carbocycles. The quantitative estimate of drug-likeness (QED) is 0.796. The molecule has 106 valence electrons. The lowest BCUT2D eigenvalue weighted by atomic mass is 10.1. The van der Waals surface area contributed by atoms with Gasteiger partial charge in [-0.15, -0.1) is 0 Å². The Labute approximate surface area is 115 Å². The Balaban J connectivity index is 1.84. The van der Waals surface area contributed by atoms with E-state index in [1.54, 1.807) is 0 Å². The van der Waals surface area contributed by atoms with E-state index in [1.165, 1.54) is 12.8 Å². The fourth-order valence-corrected chi connectivity index (χ4v) is 2.58. The number of aliphatic hydroxyl groups is 1. The first-order chi connectivity index (χ1) is 9.16. The fraction of sp³-hybridized carbons (Fsp3) is 0.600. The summed E-state index contributed by atoms with van der Waals surface area (Å²) in [5, 5.41) is 10.2. The number of para-hydroxylation sites is 1. The molecule has 0 bridgehead atoms. The lowest BCUT2D eigenvalue weighted by Gasteiger charge is -2.28. The Bertz CT molecular complexity index is 391. The number of nitrogen functional groups attached to an aromatic ring is 1. The summed E-state index contributed by atoms with van der Waals surface area (Å²) in [6.45, 7) is 2.31. The van der Waals surface area contributed by atoms with Crippen molar-refractivity contribution < 1.29 is 9.84 Å². The van der Waals surface area contributed by atoms with E-state index in [1.807, 2.05) is 31.3 Å². The SMILES string of the molecule is CN(CC1CCCCO1)CC(O)c1ccccc1N. The van der Waals surface area contributed by atoms with Gasteiger partial charge in [0, 0.05) is 30.9 Å². The molecule has 4 nitrogen and oxygen atoms in total. The molecular weight excluding hydrogens is 240 g/mol. The molecule has 0 aliphatic carbocycles. The number of ether oxygens (including phenoxy) is 1. The topological polar surface area (TPSA) is 58.7 Å². The van der Waals surface area contributed by atoms with Crippen LogP contribution in [0, 0.1) is 0 Å². The van der Waals surface area contributed by atoms with Crippen LogP contribution in [0.3, 0.4) is 0 Å². The first-order valence-electron chi connectivity index (χ1n) is 6.99. The largest absolute Gasteiger partial charge is 0.398 e. The molecule has 19 heavy (non-hydrogen) atoms. The Morgan fingerprint density at radius 1 is 1.42 bits per heavy atom. The maximum atomic E-state index is 10.2. The van der Waals surface area contributed by atoms with Gasteiger partial charge in [0.15, 0.2) is 0 Å². The van der Waals surface area contributed by atoms with Crippen molar-refractivity contribution >= 4 is 5.69 Å². The van der Waals surface area contributed by atoms with Crippen molar-refractivity contribution in [3.63, 3.8) is 0 Å². The van der Waals surface area contributed by atoms with Crippen LogP contribution in [0.25, 0.3) is 0 Å². The van der Waals surface area contributed by atoms with Crippen LogP contribution in [0.4, 0.5) is 5.69 Å². The van der Waals surface area contributed by atoms with Gasteiger partial charge in [0.2, 0.25) is 0 Å². The minimum absolute atomic E-state index is 0.305. The summed E-state index contributed by atoms with van der Waals surface area (Å²) >= 11 is 0. The van der Waals surface area contributed by atoms with Crippen molar-refractivity contribution in [1.29, 1.82) is 0 Å². The average Bonchev–Trinajstić information content (AvgIpc) is 2.40. The van der Waals surface area contributed by atoms with E-state index >= 15 is 0 Å². The normalized spacial score (nSPS) is 21.5. The molecule has 2 rings (SSSR count). The van der Waals surface area contributed by atoms with Crippen molar-refractivity contribution in [2.75, 3.05) is 32.5 Å². The predicted octanol–water partition coefficient (Wildman–Crippen LogP) is 1.80. The molecule has 3 N–H and O–H groups in total. The third-order valence-corrected chi connectivity index (χ3v) is 3.63. The molecule has 1 fully saturated rings. The summed E-state index contributed by atoms with van der Waals surface area (Å²) in [4.78, 5) is 2.12. The van der Waals surface area contributed by atoms with Crippen LogP contribution in [0.15, 0.2) is 24.3 Å². The standard InChI is InChI=1S/C15H24N2O2/c1-17(10-12-6-4-5-9-19-12)11-15(18)13-7-2-3-8-14(13)16/h2-3,7-8,12,15,18H,4-6,9-11,16H2,1H3. The van der Waals surface area contributed by atoms with E-state index in [-0.39, 0.29) is 0 Å². The second-order valence-corrected chi connectivity index (χ2v) is 5.35. The highest BCUT2D eigenvalue weighted by atomic mass is 16.5. The van der Waals surface area contributed by atoms with Crippen molar-refractivity contribution in [2.24, 2.45) is 0 Å². The van der Waals surface area contributed by atoms with Gasteiger partial charge in [0.25, 0.3) is 0 Å². The predicted molar refractivity (Wildman–Crippen MR) is 76.9 cm³/mol. The number of nitrogens with zero attached hydrogens (tertiary/aromatic N) is 1. The molecule has 2 atom stereocenters. The van der Waals surface area contributed by atoms with Crippen LogP contribution in [0.2, 0.25) is 0 Å². The molecule has 0 amide bonds. The fourth-order valence-electron chi connectivity index (χ4n) is 2.58. The molecule has 1 heterocycles. The number of aliphatic hydroxyl groups excluding tert-OH is 1. The zero-order chi connectivity index (χ0) is 13.7. The molecule has 0 spiro atoms. The van der Waals surface area contributed by atoms with Crippen molar-refractivity contribution in [3.8, 4) is 0 Å². The van der Waals surface area contributed by atoms with Gasteiger partial charge in [-0.1, -0.05) is 18.2 Å². The summed E-state index contributed by atoms with van der Waals surface area (Å²) < 4.78 is 5.71. The summed E-state index contributed by atoms with van der Waals surface area (Å²) in [7, 11) is 2.01. The second kappa shape index (κ2) is 6.89. The number of benzene rings is 1. The average molecular weight is 264 g/mol. The highest BCUT2D eigenvalue weighted by Gasteiger charge is 2.18. The third-order valence-electron chi connectivity index (χ3n) is 3.63. The van der Waals surface area contributed by atoms with E-state index in [4.69, 9.17) is 10.5 Å². The summed E-state index contributed by atoms with van der Waals surface area (Å²) in [6, 6.07) is 7.48. The van der Waals surface area contributed by atoms with Crippen LogP contribution < -0.4 is 5.73 Å². The minimum Gasteiger partial charge on any atom is -0.398 e. The highest BCUT2D eigenvalue weighted by molar-refractivity contribution is 5.47. The monoisotopic (exact) mass is 264 g/mol. The van der Waals surface area contributed by atoms with Crippen molar-refractivity contribution in [3.05, 3.63) is 29.8 Å². The van der Waals surface area contributed by atoms with Crippen LogP contribution in [-0.4, -0.2) is 42.9 Å². The van der Waals surface area contributed by atoms with E-state index in [0.29, 0.717) is 18.3 Å². The molecule has 0 radical (unpaired) electrons. The first kappa shape index (κ1) is 14.3. The van der Waals surface area contributed by atoms with Crippen molar-refractivity contribution in [1.82, 2.24) is 4.90 Å². The van der Waals surface area contributed by atoms with Gasteiger partial charge < -0.3 is 20.5 Å². The Morgan fingerprint density at radius 2 is 2.21 bits per heavy atom. The smallest absolute Gasteiger partial charge is 0.0936 e. The lowest BCUT2D eigenvalue weighted by Crippen LogP contribution is -2.35. The molecule has 4 heteroatoms. The number of rotatable bonds is 5. The lowest BCUT2D eigenvalue weighted by molar-refractivity contribution is -0.00791. The number of nitrogens with two attached hydrogens (primary N) is 1. The van der Waals surface area contributed by atoms with E-state index in [2.05, 4.69) is 4.90 Å². The van der Waals surface area contributed by atoms with E-state index in [9.17, 15) is 5.11 Å². The maximum Gasteiger partial charge on any atom is 0.0936 e. The Hall–Kier alpha value is -1.10. The molecule has 1 aromatic carbocycles. The van der Waals surface area contributed by atoms with Gasteiger partial charge in [0.05, 0.1) is 12.2 Å². The summed E-state index contributed by atoms with van der Waals surface area (Å²) in [5.41, 5.74) is 7.33. The van der Waals surface area contributed by atoms with Gasteiger partial charge in [-0.2, -0.15) is 0 Å². The van der Waals surface area contributed by atoms with Crippen LogP contribution in [-0.2, 0) is 4.74 Å². The van der Waals surface area contributed by atoms with Gasteiger partial charge >= 0.3 is 0 Å². The molecule has 1 aromatic rings. The molecule has 0 aromatic heterocycles. The number of likely N-dealkylation sites (N-methyl/N-ethyl adjacent to an activating group) is 1. The zero-order valence-electron chi connectivity index (χ0n) is 11.6. The second-order valence-electron chi connectivity index (χ2n) is 5.35. The van der Waals surface area contributed by atoms with Gasteiger partial charge in [-0.05, 0) is 32.4 Å². The maximum absolute atomic E-state index is 10.2. The van der Waals surface area contributed by atoms with Crippen LogP contribution in [0.1, 0.15) is 30.9 Å². The Kier molecular flexibility index (Phi) is 5.19. The molecule has 1 aliphatic heterocycles. The van der Waals surface area contributed by atoms with Gasteiger partial charge in [-0.25, -0.2) is 0 Å². The van der Waals surface area contributed by atoms with Crippen LogP contribution >= 0.6 is 0 Å². The highest BCUT2D eigenvalue weighted by Crippen LogP contribution is 2.21. The summed E-state index contributed by atoms with van der Waals surface area (Å²) in [6.07, 6.45) is 3.29. The molecule has 1 aliphatic rings. The van der Waals surface area contributed by atoms with Crippen LogP contribution in [0.5, 0.6) is 0 Å². The van der Waals surface area contributed by atoms with E-state index < -0.39 is 6.10 Å². The number of anilines is 1. The number of hydrogen-bond acceptors (Lipinski definition) is 4. The summed E-state index contributed by atoms with van der Waals surface area (Å²) in [5.74, 6) is 0. The third kappa shape index (κ3) is 4.20. The minimum atomic E-state index is -0.546. The van der Waals surface area contributed by atoms with Crippen molar-refractivity contribution in [2.45, 2.75) is 31.5 Å². The van der Waals surface area contributed by atoms with Gasteiger partial charge in [0.1, 0.15) is 0 Å². The molecule has 2 unspecified atom stereocenters. The Morgan fingerprint density at radius 3 is 2.89 bits per heavy atom. The number of hydrogen-bond donors (Lipinski definition) is 2.